The SMILES string of the molecule is CNCC1CN(C(=O)c2ccc(S(C)(=O)=O)cc2)CCO1. The first-order chi connectivity index (χ1) is 9.91. The van der Waals surface area contributed by atoms with Gasteiger partial charge in [0.05, 0.1) is 17.6 Å². The maximum Gasteiger partial charge on any atom is 0.254 e. The van der Waals surface area contributed by atoms with E-state index in [2.05, 4.69) is 5.32 Å². The van der Waals surface area contributed by atoms with Gasteiger partial charge in [0.25, 0.3) is 5.91 Å². The predicted molar refractivity (Wildman–Crippen MR) is 79.1 cm³/mol. The van der Waals surface area contributed by atoms with Crippen LogP contribution in [0.5, 0.6) is 0 Å². The van der Waals surface area contributed by atoms with Crippen LogP contribution in [0.2, 0.25) is 0 Å². The third-order valence-corrected chi connectivity index (χ3v) is 4.52. The molecule has 1 aromatic carbocycles. The lowest BCUT2D eigenvalue weighted by Crippen LogP contribution is -2.48. The highest BCUT2D eigenvalue weighted by Crippen LogP contribution is 2.14. The molecule has 1 fully saturated rings. The Bertz CT molecular complexity index is 596. The summed E-state index contributed by atoms with van der Waals surface area (Å²) < 4.78 is 28.4. The molecule has 0 radical (unpaired) electrons. The number of amides is 1. The van der Waals surface area contributed by atoms with Crippen LogP contribution in [0.15, 0.2) is 29.2 Å². The molecular weight excluding hydrogens is 292 g/mol. The first kappa shape index (κ1) is 15.9. The average molecular weight is 312 g/mol. The molecule has 1 unspecified atom stereocenters. The third-order valence-electron chi connectivity index (χ3n) is 3.39. The molecule has 0 bridgehead atoms. The molecule has 2 rings (SSSR count). The van der Waals surface area contributed by atoms with Crippen molar-refractivity contribution in [3.63, 3.8) is 0 Å². The van der Waals surface area contributed by atoms with Crippen LogP contribution >= 0.6 is 0 Å². The smallest absolute Gasteiger partial charge is 0.254 e. The number of morpholine rings is 1. The van der Waals surface area contributed by atoms with Gasteiger partial charge in [-0.2, -0.15) is 0 Å². The van der Waals surface area contributed by atoms with E-state index in [1.165, 1.54) is 12.1 Å². The first-order valence-electron chi connectivity index (χ1n) is 6.77. The third kappa shape index (κ3) is 4.03. The molecule has 1 saturated heterocycles. The second-order valence-electron chi connectivity index (χ2n) is 5.10. The standard InChI is InChI=1S/C14H20N2O4S/c1-15-9-12-10-16(7-8-20-12)14(17)11-3-5-13(6-4-11)21(2,18)19/h3-6,12,15H,7-10H2,1-2H3. The molecule has 0 aromatic heterocycles. The number of carbonyl (C=O) groups is 1. The number of benzene rings is 1. The minimum absolute atomic E-state index is 0.0111. The number of hydrogen-bond donors (Lipinski definition) is 1. The first-order valence-corrected chi connectivity index (χ1v) is 8.66. The lowest BCUT2D eigenvalue weighted by Gasteiger charge is -2.33. The number of nitrogens with one attached hydrogen (secondary N) is 1. The fourth-order valence-corrected chi connectivity index (χ4v) is 2.91. The van der Waals surface area contributed by atoms with E-state index >= 15 is 0 Å². The molecular formula is C14H20N2O4S. The van der Waals surface area contributed by atoms with E-state index in [1.54, 1.807) is 17.0 Å². The minimum Gasteiger partial charge on any atom is -0.373 e. The minimum atomic E-state index is -3.24. The number of carbonyl (C=O) groups excluding carboxylic acids is 1. The molecule has 7 heteroatoms. The van der Waals surface area contributed by atoms with E-state index in [0.29, 0.717) is 31.8 Å². The average Bonchev–Trinajstić information content (AvgIpc) is 2.46. The van der Waals surface area contributed by atoms with Crippen LogP contribution in [0, 0.1) is 0 Å². The Labute approximate surface area is 125 Å². The van der Waals surface area contributed by atoms with Gasteiger partial charge in [0.15, 0.2) is 9.84 Å². The van der Waals surface area contributed by atoms with Crippen LogP contribution in [0.25, 0.3) is 0 Å². The summed E-state index contributed by atoms with van der Waals surface area (Å²) in [6, 6.07) is 6.05. The van der Waals surface area contributed by atoms with Crippen LogP contribution in [-0.4, -0.2) is 64.9 Å². The van der Waals surface area contributed by atoms with Crippen molar-refractivity contribution in [1.29, 1.82) is 0 Å². The van der Waals surface area contributed by atoms with Gasteiger partial charge >= 0.3 is 0 Å². The zero-order valence-electron chi connectivity index (χ0n) is 12.2. The highest BCUT2D eigenvalue weighted by molar-refractivity contribution is 7.90. The fraction of sp³-hybridized carbons (Fsp3) is 0.500. The van der Waals surface area contributed by atoms with Gasteiger partial charge in [0, 0.05) is 31.5 Å². The number of hydrogen-bond acceptors (Lipinski definition) is 5. The summed E-state index contributed by atoms with van der Waals surface area (Å²) in [5.41, 5.74) is 0.493. The Morgan fingerprint density at radius 3 is 2.62 bits per heavy atom. The lowest BCUT2D eigenvalue weighted by atomic mass is 10.1. The highest BCUT2D eigenvalue weighted by atomic mass is 32.2. The van der Waals surface area contributed by atoms with E-state index in [0.717, 1.165) is 6.26 Å². The van der Waals surface area contributed by atoms with Crippen LogP contribution < -0.4 is 5.32 Å². The van der Waals surface area contributed by atoms with E-state index < -0.39 is 9.84 Å². The predicted octanol–water partition coefficient (Wildman–Crippen LogP) is 0.151. The second kappa shape index (κ2) is 6.55. The summed E-state index contributed by atoms with van der Waals surface area (Å²) in [6.45, 7) is 2.29. The molecule has 1 aromatic rings. The molecule has 21 heavy (non-hydrogen) atoms. The zero-order chi connectivity index (χ0) is 15.5. The van der Waals surface area contributed by atoms with Crippen LogP contribution in [0.4, 0.5) is 0 Å². The summed E-state index contributed by atoms with van der Waals surface area (Å²) in [7, 11) is -1.40. The molecule has 1 N–H and O–H groups in total. The van der Waals surface area contributed by atoms with Crippen molar-refractivity contribution in [2.75, 3.05) is 39.5 Å². The van der Waals surface area contributed by atoms with E-state index in [-0.39, 0.29) is 16.9 Å². The number of rotatable bonds is 4. The molecule has 0 saturated carbocycles. The molecule has 1 heterocycles. The molecule has 1 aliphatic heterocycles. The van der Waals surface area contributed by atoms with Crippen molar-refractivity contribution in [2.24, 2.45) is 0 Å². The summed E-state index contributed by atoms with van der Waals surface area (Å²) in [4.78, 5) is 14.4. The van der Waals surface area contributed by atoms with Gasteiger partial charge in [-0.25, -0.2) is 8.42 Å². The summed E-state index contributed by atoms with van der Waals surface area (Å²) >= 11 is 0. The van der Waals surface area contributed by atoms with Crippen molar-refractivity contribution in [3.05, 3.63) is 29.8 Å². The van der Waals surface area contributed by atoms with Crippen LogP contribution in [-0.2, 0) is 14.6 Å². The van der Waals surface area contributed by atoms with Gasteiger partial charge < -0.3 is 15.0 Å². The molecule has 1 atom stereocenters. The van der Waals surface area contributed by atoms with Crippen molar-refractivity contribution >= 4 is 15.7 Å². The molecule has 1 amide bonds. The molecule has 6 nitrogen and oxygen atoms in total. The van der Waals surface area contributed by atoms with Gasteiger partial charge in [-0.05, 0) is 31.3 Å². The van der Waals surface area contributed by atoms with Crippen molar-refractivity contribution in [3.8, 4) is 0 Å². The molecule has 1 aliphatic rings. The monoisotopic (exact) mass is 312 g/mol. The Morgan fingerprint density at radius 2 is 2.05 bits per heavy atom. The van der Waals surface area contributed by atoms with Gasteiger partial charge in [0.2, 0.25) is 0 Å². The van der Waals surface area contributed by atoms with Crippen LogP contribution in [0.1, 0.15) is 10.4 Å². The van der Waals surface area contributed by atoms with Gasteiger partial charge in [-0.15, -0.1) is 0 Å². The normalized spacial score (nSPS) is 19.5. The Kier molecular flexibility index (Phi) is 4.97. The molecule has 0 aliphatic carbocycles. The summed E-state index contributed by atoms with van der Waals surface area (Å²) in [6.07, 6.45) is 1.14. The van der Waals surface area contributed by atoms with Gasteiger partial charge in [-0.1, -0.05) is 0 Å². The Morgan fingerprint density at radius 1 is 1.38 bits per heavy atom. The quantitative estimate of drug-likeness (QED) is 0.856. The van der Waals surface area contributed by atoms with E-state index in [4.69, 9.17) is 4.74 Å². The maximum absolute atomic E-state index is 12.4. The van der Waals surface area contributed by atoms with Crippen molar-refractivity contribution in [2.45, 2.75) is 11.0 Å². The number of ether oxygens (including phenoxy) is 1. The van der Waals surface area contributed by atoms with E-state index in [1.807, 2.05) is 7.05 Å². The highest BCUT2D eigenvalue weighted by Gasteiger charge is 2.24. The lowest BCUT2D eigenvalue weighted by molar-refractivity contribution is -0.0196. The topological polar surface area (TPSA) is 75.7 Å². The van der Waals surface area contributed by atoms with Gasteiger partial charge in [0.1, 0.15) is 0 Å². The summed E-state index contributed by atoms with van der Waals surface area (Å²) in [5.74, 6) is -0.0977. The van der Waals surface area contributed by atoms with Crippen molar-refractivity contribution in [1.82, 2.24) is 10.2 Å². The number of likely N-dealkylation sites (N-methyl/N-ethyl adjacent to an activating group) is 1. The molecule has 116 valence electrons. The number of nitrogens with zero attached hydrogens (tertiary/aromatic N) is 1. The Hall–Kier alpha value is -1.44. The Balaban J connectivity index is 2.09. The van der Waals surface area contributed by atoms with E-state index in [9.17, 15) is 13.2 Å². The number of sulfone groups is 1. The maximum atomic E-state index is 12.4. The second-order valence-corrected chi connectivity index (χ2v) is 7.11. The van der Waals surface area contributed by atoms with Crippen LogP contribution in [0.3, 0.4) is 0 Å². The largest absolute Gasteiger partial charge is 0.373 e. The van der Waals surface area contributed by atoms with Gasteiger partial charge in [-0.3, -0.25) is 4.79 Å². The van der Waals surface area contributed by atoms with Crippen molar-refractivity contribution < 1.29 is 17.9 Å². The molecule has 0 spiro atoms. The fourth-order valence-electron chi connectivity index (χ4n) is 2.28. The summed E-state index contributed by atoms with van der Waals surface area (Å²) in [5, 5.41) is 3.03. The zero-order valence-corrected chi connectivity index (χ0v) is 13.0.